The van der Waals surface area contributed by atoms with E-state index >= 15 is 4.39 Å². The molecule has 204 valence electrons. The minimum absolute atomic E-state index is 0.0195. The quantitative estimate of drug-likeness (QED) is 0.229. The van der Waals surface area contributed by atoms with Crippen molar-refractivity contribution in [3.05, 3.63) is 76.3 Å². The molecule has 0 aliphatic rings. The zero-order chi connectivity index (χ0) is 28.6. The van der Waals surface area contributed by atoms with Crippen molar-refractivity contribution in [2.75, 3.05) is 19.5 Å². The van der Waals surface area contributed by atoms with Gasteiger partial charge < -0.3 is 24.6 Å². The fourth-order valence-corrected chi connectivity index (χ4v) is 5.32. The van der Waals surface area contributed by atoms with Crippen molar-refractivity contribution < 1.29 is 28.5 Å². The number of fused-ring (bicyclic) bond motifs is 1. The van der Waals surface area contributed by atoms with Gasteiger partial charge in [0.15, 0.2) is 23.1 Å². The second kappa shape index (κ2) is 10.8. The highest BCUT2D eigenvalue weighted by Gasteiger charge is 2.23. The van der Waals surface area contributed by atoms with Gasteiger partial charge in [-0.2, -0.15) is 0 Å². The van der Waals surface area contributed by atoms with Gasteiger partial charge in [0.05, 0.1) is 31.0 Å². The molecule has 4 aromatic heterocycles. The Morgan fingerprint density at radius 2 is 1.77 bits per heavy atom. The van der Waals surface area contributed by atoms with Crippen LogP contribution in [0.15, 0.2) is 48.0 Å². The smallest absolute Gasteiger partial charge is 0.261 e. The first kappa shape index (κ1) is 26.8. The van der Waals surface area contributed by atoms with Gasteiger partial charge in [-0.15, -0.1) is 11.3 Å². The van der Waals surface area contributed by atoms with Gasteiger partial charge in [0.25, 0.3) is 11.8 Å². The molecule has 0 aliphatic heterocycles. The summed E-state index contributed by atoms with van der Waals surface area (Å²) in [5.74, 6) is -0.718. The standard InChI is InChI=1S/C29H25FN4O5S/c1-14-10-23(40-13-14)24-15(2)32-16(3)25(27(24)35)28(36)33-17-6-7-20(18(30)11-17)39-21-8-9-31-19-12-22(37-4)29(38-5)34-26(19)21/h6-13H,1-5H3,(H,32,35)(H,33,36). The van der Waals surface area contributed by atoms with Crippen molar-refractivity contribution in [2.45, 2.75) is 20.8 Å². The van der Waals surface area contributed by atoms with Gasteiger partial charge in [-0.3, -0.25) is 14.8 Å². The Morgan fingerprint density at radius 3 is 2.45 bits per heavy atom. The van der Waals surface area contributed by atoms with Crippen LogP contribution in [0.2, 0.25) is 0 Å². The van der Waals surface area contributed by atoms with Crippen LogP contribution in [0, 0.1) is 26.6 Å². The van der Waals surface area contributed by atoms with Gasteiger partial charge in [-0.05, 0) is 49.9 Å². The molecule has 0 bridgehead atoms. The molecule has 9 nitrogen and oxygen atoms in total. The normalized spacial score (nSPS) is 10.9. The van der Waals surface area contributed by atoms with E-state index in [2.05, 4.69) is 20.3 Å². The summed E-state index contributed by atoms with van der Waals surface area (Å²) in [6.07, 6.45) is 1.51. The van der Waals surface area contributed by atoms with Crippen molar-refractivity contribution in [3.63, 3.8) is 0 Å². The van der Waals surface area contributed by atoms with Gasteiger partial charge in [0.1, 0.15) is 16.8 Å². The zero-order valence-corrected chi connectivity index (χ0v) is 23.1. The van der Waals surface area contributed by atoms with Crippen LogP contribution < -0.4 is 19.5 Å². The molecule has 5 rings (SSSR count). The van der Waals surface area contributed by atoms with E-state index in [0.29, 0.717) is 33.7 Å². The summed E-state index contributed by atoms with van der Waals surface area (Å²) >= 11 is 1.45. The highest BCUT2D eigenvalue weighted by Crippen LogP contribution is 2.39. The van der Waals surface area contributed by atoms with E-state index in [0.717, 1.165) is 16.5 Å². The summed E-state index contributed by atoms with van der Waals surface area (Å²) in [5, 5.41) is 15.7. The van der Waals surface area contributed by atoms with Crippen LogP contribution in [0.4, 0.5) is 10.1 Å². The van der Waals surface area contributed by atoms with E-state index in [4.69, 9.17) is 14.2 Å². The topological polar surface area (TPSA) is 116 Å². The molecule has 2 N–H and O–H groups in total. The minimum atomic E-state index is -0.721. The first-order valence-corrected chi connectivity index (χ1v) is 13.0. The first-order chi connectivity index (χ1) is 19.2. The number of halogens is 1. The van der Waals surface area contributed by atoms with Gasteiger partial charge >= 0.3 is 0 Å². The number of carbonyl (C=O) groups is 1. The fraction of sp³-hybridized carbons (Fsp3) is 0.172. The van der Waals surface area contributed by atoms with Crippen molar-refractivity contribution in [2.24, 2.45) is 0 Å². The van der Waals surface area contributed by atoms with Crippen molar-refractivity contribution in [3.8, 4) is 39.3 Å². The van der Waals surface area contributed by atoms with Crippen molar-refractivity contribution in [1.29, 1.82) is 0 Å². The molecule has 0 saturated heterocycles. The monoisotopic (exact) mass is 560 g/mol. The Hall–Kier alpha value is -4.77. The van der Waals surface area contributed by atoms with E-state index in [1.807, 2.05) is 18.4 Å². The van der Waals surface area contributed by atoms with Gasteiger partial charge in [-0.1, -0.05) is 0 Å². The fourth-order valence-electron chi connectivity index (χ4n) is 4.32. The van der Waals surface area contributed by atoms with Crippen LogP contribution in [0.3, 0.4) is 0 Å². The summed E-state index contributed by atoms with van der Waals surface area (Å²) in [6, 6.07) is 9.13. The summed E-state index contributed by atoms with van der Waals surface area (Å²) in [6.45, 7) is 5.37. The Balaban J connectivity index is 1.42. The van der Waals surface area contributed by atoms with Crippen LogP contribution in [-0.4, -0.2) is 40.2 Å². The Bertz CT molecular complexity index is 1770. The number of methoxy groups -OCH3 is 2. The number of anilines is 1. The highest BCUT2D eigenvalue weighted by atomic mass is 32.1. The number of aryl methyl sites for hydroxylation is 3. The Labute approximate surface area is 233 Å². The number of thiophene rings is 1. The summed E-state index contributed by atoms with van der Waals surface area (Å²) in [7, 11) is 2.95. The molecule has 1 amide bonds. The second-order valence-corrected chi connectivity index (χ2v) is 9.86. The third-order valence-electron chi connectivity index (χ3n) is 6.17. The maximum atomic E-state index is 15.1. The molecular formula is C29H25FN4O5S. The van der Waals surface area contributed by atoms with E-state index in [1.165, 1.54) is 43.9 Å². The van der Waals surface area contributed by atoms with Crippen LogP contribution >= 0.6 is 11.3 Å². The number of aromatic nitrogens is 3. The molecule has 0 aliphatic carbocycles. The molecule has 0 atom stereocenters. The molecule has 4 heterocycles. The molecule has 11 heteroatoms. The number of hydrogen-bond donors (Lipinski definition) is 2. The lowest BCUT2D eigenvalue weighted by molar-refractivity contribution is 0.102. The molecule has 0 saturated carbocycles. The average molecular weight is 561 g/mol. The van der Waals surface area contributed by atoms with Crippen molar-refractivity contribution in [1.82, 2.24) is 15.0 Å². The predicted molar refractivity (Wildman–Crippen MR) is 150 cm³/mol. The van der Waals surface area contributed by atoms with Gasteiger partial charge in [0, 0.05) is 40.7 Å². The maximum absolute atomic E-state index is 15.1. The first-order valence-electron chi connectivity index (χ1n) is 12.1. The lowest BCUT2D eigenvalue weighted by Crippen LogP contribution is -2.15. The van der Waals surface area contributed by atoms with Crippen LogP contribution in [0.25, 0.3) is 21.5 Å². The predicted octanol–water partition coefficient (Wildman–Crippen LogP) is 6.59. The lowest BCUT2D eigenvalue weighted by Gasteiger charge is -2.15. The van der Waals surface area contributed by atoms with E-state index in [9.17, 15) is 9.90 Å². The molecule has 1 aromatic carbocycles. The molecule has 0 fully saturated rings. The van der Waals surface area contributed by atoms with E-state index in [1.54, 1.807) is 26.0 Å². The van der Waals surface area contributed by atoms with Gasteiger partial charge in [0.2, 0.25) is 0 Å². The molecular weight excluding hydrogens is 535 g/mol. The van der Waals surface area contributed by atoms with Crippen LogP contribution in [0.5, 0.6) is 28.9 Å². The van der Waals surface area contributed by atoms with E-state index < -0.39 is 11.7 Å². The number of ether oxygens (including phenoxy) is 3. The largest absolute Gasteiger partial charge is 0.506 e. The Kier molecular flexibility index (Phi) is 7.22. The van der Waals surface area contributed by atoms with E-state index in [-0.39, 0.29) is 34.4 Å². The zero-order valence-electron chi connectivity index (χ0n) is 22.3. The average Bonchev–Trinajstić information content (AvgIpc) is 3.34. The van der Waals surface area contributed by atoms with Gasteiger partial charge in [-0.25, -0.2) is 9.37 Å². The number of amides is 1. The number of nitrogens with one attached hydrogen (secondary N) is 1. The number of carbonyl (C=O) groups excluding carboxylic acids is 1. The number of hydrogen-bond acceptors (Lipinski definition) is 9. The molecule has 0 radical (unpaired) electrons. The number of pyridine rings is 3. The lowest BCUT2D eigenvalue weighted by atomic mass is 10.0. The second-order valence-electron chi connectivity index (χ2n) is 8.95. The Morgan fingerprint density at radius 1 is 0.975 bits per heavy atom. The molecule has 40 heavy (non-hydrogen) atoms. The SMILES string of the molecule is COc1cc2nccc(Oc3ccc(NC(=O)c4c(C)nc(C)c(-c5cc(C)cs5)c4O)cc3F)c2nc1OC. The summed E-state index contributed by atoms with van der Waals surface area (Å²) in [5.41, 5.74) is 3.51. The summed E-state index contributed by atoms with van der Waals surface area (Å²) in [4.78, 5) is 27.1. The molecule has 5 aromatic rings. The number of rotatable bonds is 7. The van der Waals surface area contributed by atoms with Crippen LogP contribution in [0.1, 0.15) is 27.3 Å². The summed E-state index contributed by atoms with van der Waals surface area (Å²) < 4.78 is 31.5. The highest BCUT2D eigenvalue weighted by molar-refractivity contribution is 7.13. The number of aromatic hydroxyl groups is 1. The number of nitrogens with zero attached hydrogens (tertiary/aromatic N) is 3. The third kappa shape index (κ3) is 4.98. The minimum Gasteiger partial charge on any atom is -0.506 e. The van der Waals surface area contributed by atoms with Crippen LogP contribution in [-0.2, 0) is 0 Å². The molecule has 0 unspecified atom stereocenters. The number of benzene rings is 1. The third-order valence-corrected chi connectivity index (χ3v) is 7.23. The molecule has 0 spiro atoms. The van der Waals surface area contributed by atoms with Crippen molar-refractivity contribution >= 4 is 34.0 Å². The maximum Gasteiger partial charge on any atom is 0.261 e.